The second kappa shape index (κ2) is 17.0. The van der Waals surface area contributed by atoms with Crippen LogP contribution in [0.3, 0.4) is 0 Å². The predicted molar refractivity (Wildman–Crippen MR) is 124 cm³/mol. The summed E-state index contributed by atoms with van der Waals surface area (Å²) in [6.45, 7) is 4.17. The largest absolute Gasteiger partial charge is 2.00 e. The van der Waals surface area contributed by atoms with Gasteiger partial charge in [0.1, 0.15) is 12.2 Å². The molecule has 16 nitrogen and oxygen atoms in total. The molecule has 0 aliphatic rings. The first-order valence-corrected chi connectivity index (χ1v) is 13.0. The van der Waals surface area contributed by atoms with E-state index in [0.29, 0.717) is 0 Å². The Kier molecular flexibility index (Phi) is 18.7. The summed E-state index contributed by atoms with van der Waals surface area (Å²) in [6.07, 6.45) is -4.35. The summed E-state index contributed by atoms with van der Waals surface area (Å²) in [7, 11) is -9.99. The van der Waals surface area contributed by atoms with Gasteiger partial charge in [-0.2, -0.15) is 0 Å². The number of nitrogens with one attached hydrogen (secondary N) is 2. The van der Waals surface area contributed by atoms with E-state index in [4.69, 9.17) is 10.2 Å². The van der Waals surface area contributed by atoms with E-state index in [1.807, 2.05) is 0 Å². The maximum Gasteiger partial charge on any atom is 2.00 e. The summed E-state index contributed by atoms with van der Waals surface area (Å²) in [5.74, 6) is -1.71. The third-order valence-electron chi connectivity index (χ3n) is 4.61. The fourth-order valence-electron chi connectivity index (χ4n) is 1.90. The number of hydrogen-bond donors (Lipinski definition) is 6. The van der Waals surface area contributed by atoms with Crippen LogP contribution in [0.1, 0.15) is 40.5 Å². The van der Waals surface area contributed by atoms with Gasteiger partial charge >= 0.3 is 37.7 Å². The van der Waals surface area contributed by atoms with Crippen molar-refractivity contribution in [2.45, 2.75) is 52.7 Å². The summed E-state index contributed by atoms with van der Waals surface area (Å²) in [5, 5.41) is 38.1. The molecule has 0 aromatic heterocycles. The normalized spacial score (nSPS) is 13.7. The zero-order chi connectivity index (χ0) is 29.1. The minimum absolute atomic E-state index is 0. The minimum Gasteiger partial charge on any atom is -0.742 e. The molecule has 0 spiro atoms. The van der Waals surface area contributed by atoms with Crippen LogP contribution >= 0.6 is 0 Å². The molecule has 0 bridgehead atoms. The molecular weight excluding hydrogens is 572 g/mol. The first-order valence-electron chi connectivity index (χ1n) is 10.1. The third kappa shape index (κ3) is 16.0. The van der Waals surface area contributed by atoms with Crippen LogP contribution in [0.15, 0.2) is 0 Å². The average Bonchev–Trinajstić information content (AvgIpc) is 2.76. The van der Waals surface area contributed by atoms with E-state index in [2.05, 4.69) is 10.6 Å². The van der Waals surface area contributed by atoms with Gasteiger partial charge in [-0.15, -0.1) is 0 Å². The molecular formula is C18H32CaN2O14S2. The number of amides is 2. The molecule has 212 valence electrons. The molecule has 0 radical (unpaired) electrons. The Morgan fingerprint density at radius 1 is 0.703 bits per heavy atom. The number of carbonyl (C=O) groups excluding carboxylic acids is 4. The minimum atomic E-state index is -5.00. The Labute approximate surface area is 244 Å². The fraction of sp³-hybridized carbons (Fsp3) is 0.778. The SMILES string of the molecule is CC(C)(CO)[C@@H](O)C(=O)NCCC(=O)S(=O)(=O)[O-].CC(C)(CO)[C@@H](O)C(=O)NCCC(=O)S(=O)(=O)[O-].[Ca+2]. The molecule has 2 atom stereocenters. The van der Waals surface area contributed by atoms with Crippen LogP contribution in [-0.2, 0) is 39.4 Å². The molecule has 0 aromatic carbocycles. The number of hydrogen-bond acceptors (Lipinski definition) is 14. The van der Waals surface area contributed by atoms with Crippen molar-refractivity contribution < 1.29 is 65.5 Å². The molecule has 19 heteroatoms. The summed E-state index contributed by atoms with van der Waals surface area (Å²) in [5.41, 5.74) is -2.14. The molecule has 0 aliphatic carbocycles. The van der Waals surface area contributed by atoms with E-state index < -0.39 is 91.4 Å². The molecule has 0 aromatic rings. The van der Waals surface area contributed by atoms with E-state index in [1.54, 1.807) is 0 Å². The van der Waals surface area contributed by atoms with Crippen molar-refractivity contribution in [3.8, 4) is 0 Å². The third-order valence-corrected chi connectivity index (χ3v) is 6.13. The maximum atomic E-state index is 11.4. The van der Waals surface area contributed by atoms with E-state index in [1.165, 1.54) is 27.7 Å². The van der Waals surface area contributed by atoms with Gasteiger partial charge in [0.15, 0.2) is 20.2 Å². The van der Waals surface area contributed by atoms with Gasteiger partial charge in [0, 0.05) is 36.8 Å². The van der Waals surface area contributed by atoms with Crippen molar-refractivity contribution in [1.82, 2.24) is 10.6 Å². The summed E-state index contributed by atoms with van der Waals surface area (Å²) in [6, 6.07) is 0. The molecule has 0 saturated heterocycles. The standard InChI is InChI=1S/2C9H17NO7S.Ca/c2*1-9(2,5-11)7(13)8(14)10-4-3-6(12)18(15,16)17;/h2*7,11,13H,3-5H2,1-2H3,(H,10,14)(H,15,16,17);/q;;+2/p-2/t2*7-;/m00./s1. The topological polar surface area (TPSA) is 288 Å². The molecule has 0 heterocycles. The maximum absolute atomic E-state index is 11.4. The van der Waals surface area contributed by atoms with Gasteiger partial charge in [0.05, 0.1) is 13.2 Å². The van der Waals surface area contributed by atoms with Crippen LogP contribution in [0.25, 0.3) is 0 Å². The van der Waals surface area contributed by atoms with E-state index in [0.717, 1.165) is 0 Å². The first-order chi connectivity index (χ1) is 16.0. The number of aliphatic hydroxyl groups is 4. The Morgan fingerprint density at radius 3 is 1.14 bits per heavy atom. The van der Waals surface area contributed by atoms with Crippen LogP contribution in [0.2, 0.25) is 0 Å². The van der Waals surface area contributed by atoms with Crippen molar-refractivity contribution in [1.29, 1.82) is 0 Å². The monoisotopic (exact) mass is 604 g/mol. The van der Waals surface area contributed by atoms with Gasteiger partial charge < -0.3 is 40.2 Å². The summed E-state index contributed by atoms with van der Waals surface area (Å²) < 4.78 is 61.5. The summed E-state index contributed by atoms with van der Waals surface area (Å²) in [4.78, 5) is 44.2. The van der Waals surface area contributed by atoms with Gasteiger partial charge in [-0.1, -0.05) is 27.7 Å². The number of aliphatic hydroxyl groups excluding tert-OH is 4. The molecule has 0 unspecified atom stereocenters. The Hall–Kier alpha value is -0.800. The van der Waals surface area contributed by atoms with Crippen molar-refractivity contribution in [3.05, 3.63) is 0 Å². The van der Waals surface area contributed by atoms with Gasteiger partial charge in [0.2, 0.25) is 22.0 Å². The van der Waals surface area contributed by atoms with Crippen molar-refractivity contribution in [2.24, 2.45) is 10.8 Å². The van der Waals surface area contributed by atoms with Crippen LogP contribution in [0, 0.1) is 10.8 Å². The molecule has 0 fully saturated rings. The van der Waals surface area contributed by atoms with Crippen LogP contribution < -0.4 is 10.6 Å². The van der Waals surface area contributed by atoms with E-state index in [9.17, 15) is 55.3 Å². The van der Waals surface area contributed by atoms with Crippen molar-refractivity contribution in [2.75, 3.05) is 26.3 Å². The number of rotatable bonds is 12. The van der Waals surface area contributed by atoms with Gasteiger partial charge in [-0.3, -0.25) is 19.2 Å². The molecule has 0 aliphatic heterocycles. The van der Waals surface area contributed by atoms with Gasteiger partial charge in [-0.25, -0.2) is 16.8 Å². The van der Waals surface area contributed by atoms with Gasteiger partial charge in [0.25, 0.3) is 0 Å². The van der Waals surface area contributed by atoms with Crippen LogP contribution in [0.4, 0.5) is 0 Å². The molecule has 0 saturated carbocycles. The second-order valence-corrected chi connectivity index (χ2v) is 11.6. The predicted octanol–water partition coefficient (Wildman–Crippen LogP) is -4.49. The Bertz CT molecular complexity index is 916. The average molecular weight is 605 g/mol. The molecule has 0 rings (SSSR count). The smallest absolute Gasteiger partial charge is 0.742 e. The Balaban J connectivity index is -0.000000608. The quantitative estimate of drug-likeness (QED) is 0.0904. The van der Waals surface area contributed by atoms with Crippen LogP contribution in [-0.4, -0.2) is 145 Å². The van der Waals surface area contributed by atoms with Crippen molar-refractivity contribution in [3.63, 3.8) is 0 Å². The fourth-order valence-corrected chi connectivity index (χ4v) is 2.61. The molecule has 37 heavy (non-hydrogen) atoms. The van der Waals surface area contributed by atoms with E-state index >= 15 is 0 Å². The first kappa shape index (κ1) is 40.7. The second-order valence-electron chi connectivity index (χ2n) is 8.83. The summed E-state index contributed by atoms with van der Waals surface area (Å²) >= 11 is 0. The van der Waals surface area contributed by atoms with Crippen molar-refractivity contribution >= 4 is 80.0 Å². The van der Waals surface area contributed by atoms with Crippen LogP contribution in [0.5, 0.6) is 0 Å². The van der Waals surface area contributed by atoms with E-state index in [-0.39, 0.29) is 50.8 Å². The number of carbonyl (C=O) groups is 4. The Morgan fingerprint density at radius 2 is 0.946 bits per heavy atom. The molecule has 6 N–H and O–H groups in total. The van der Waals surface area contributed by atoms with Gasteiger partial charge in [-0.05, 0) is 0 Å². The zero-order valence-corrected chi connectivity index (χ0v) is 24.6. The zero-order valence-electron chi connectivity index (χ0n) is 20.8. The molecule has 2 amide bonds.